The minimum atomic E-state index is -0.101. The summed E-state index contributed by atoms with van der Waals surface area (Å²) in [6.07, 6.45) is 0.338. The monoisotopic (exact) mass is 319 g/mol. The largest absolute Gasteiger partial charge is 0.356 e. The zero-order chi connectivity index (χ0) is 17.1. The van der Waals surface area contributed by atoms with Gasteiger partial charge >= 0.3 is 0 Å². The summed E-state index contributed by atoms with van der Waals surface area (Å²) in [5.74, 6) is -0.0229. The van der Waals surface area contributed by atoms with Crippen LogP contribution < -0.4 is 5.32 Å². The van der Waals surface area contributed by atoms with Gasteiger partial charge in [0, 0.05) is 39.5 Å². The van der Waals surface area contributed by atoms with Gasteiger partial charge in [-0.2, -0.15) is 0 Å². The molecule has 128 valence electrons. The van der Waals surface area contributed by atoms with Crippen molar-refractivity contribution in [1.29, 1.82) is 0 Å². The van der Waals surface area contributed by atoms with Gasteiger partial charge in [-0.15, -0.1) is 0 Å². The van der Waals surface area contributed by atoms with E-state index in [0.717, 1.165) is 25.2 Å². The topological polar surface area (TPSA) is 52.6 Å². The van der Waals surface area contributed by atoms with Crippen LogP contribution in [0.2, 0.25) is 0 Å². The Labute approximate surface area is 139 Å². The first kappa shape index (κ1) is 19.2. The molecular weight excluding hydrogens is 290 g/mol. The maximum atomic E-state index is 12.5. The number of amides is 2. The SMILES string of the molecule is CCN(CC)CCN(Cc1ccccc1)C(=O)CCNC(C)=O. The van der Waals surface area contributed by atoms with E-state index in [0.29, 0.717) is 26.1 Å². The summed E-state index contributed by atoms with van der Waals surface area (Å²) in [4.78, 5) is 27.6. The maximum Gasteiger partial charge on any atom is 0.224 e. The van der Waals surface area contributed by atoms with Gasteiger partial charge in [0.2, 0.25) is 11.8 Å². The molecule has 1 N–H and O–H groups in total. The Hall–Kier alpha value is -1.88. The summed E-state index contributed by atoms with van der Waals surface area (Å²) in [7, 11) is 0. The van der Waals surface area contributed by atoms with Crippen LogP contribution in [0.25, 0.3) is 0 Å². The molecule has 1 aromatic carbocycles. The second-order valence-electron chi connectivity index (χ2n) is 5.56. The lowest BCUT2D eigenvalue weighted by Gasteiger charge is -2.27. The highest BCUT2D eigenvalue weighted by Crippen LogP contribution is 2.06. The van der Waals surface area contributed by atoms with Crippen LogP contribution in [0.3, 0.4) is 0 Å². The van der Waals surface area contributed by atoms with Crippen LogP contribution in [0.1, 0.15) is 32.8 Å². The average Bonchev–Trinajstić information content (AvgIpc) is 2.55. The third-order valence-corrected chi connectivity index (χ3v) is 3.86. The van der Waals surface area contributed by atoms with Crippen LogP contribution >= 0.6 is 0 Å². The molecular formula is C18H29N3O2. The van der Waals surface area contributed by atoms with E-state index in [-0.39, 0.29) is 11.8 Å². The van der Waals surface area contributed by atoms with Gasteiger partial charge in [0.25, 0.3) is 0 Å². The van der Waals surface area contributed by atoms with Gasteiger partial charge in [-0.05, 0) is 18.7 Å². The van der Waals surface area contributed by atoms with E-state index in [1.807, 2.05) is 35.2 Å². The lowest BCUT2D eigenvalue weighted by atomic mass is 10.2. The van der Waals surface area contributed by atoms with Gasteiger partial charge in [-0.25, -0.2) is 0 Å². The number of likely N-dealkylation sites (N-methyl/N-ethyl adjacent to an activating group) is 1. The molecule has 23 heavy (non-hydrogen) atoms. The molecule has 0 bridgehead atoms. The minimum absolute atomic E-state index is 0.0785. The molecule has 0 heterocycles. The van der Waals surface area contributed by atoms with Crippen LogP contribution in [0.15, 0.2) is 30.3 Å². The predicted molar refractivity (Wildman–Crippen MR) is 92.9 cm³/mol. The van der Waals surface area contributed by atoms with Gasteiger partial charge < -0.3 is 15.1 Å². The molecule has 0 fully saturated rings. The van der Waals surface area contributed by atoms with Crippen molar-refractivity contribution in [3.05, 3.63) is 35.9 Å². The van der Waals surface area contributed by atoms with Crippen molar-refractivity contribution >= 4 is 11.8 Å². The van der Waals surface area contributed by atoms with Crippen molar-refractivity contribution in [2.24, 2.45) is 0 Å². The van der Waals surface area contributed by atoms with Crippen molar-refractivity contribution in [2.75, 3.05) is 32.7 Å². The number of rotatable bonds is 10. The first-order valence-electron chi connectivity index (χ1n) is 8.35. The van der Waals surface area contributed by atoms with Crippen LogP contribution in [-0.2, 0) is 16.1 Å². The molecule has 0 radical (unpaired) electrons. The van der Waals surface area contributed by atoms with Crippen molar-refractivity contribution in [2.45, 2.75) is 33.7 Å². The van der Waals surface area contributed by atoms with Crippen molar-refractivity contribution in [3.63, 3.8) is 0 Å². The summed E-state index contributed by atoms with van der Waals surface area (Å²) in [6.45, 7) is 10.3. The van der Waals surface area contributed by atoms with Gasteiger partial charge in [-0.1, -0.05) is 44.2 Å². The Bertz CT molecular complexity index is 472. The summed E-state index contributed by atoms with van der Waals surface area (Å²) < 4.78 is 0. The first-order chi connectivity index (χ1) is 11.1. The molecule has 1 rings (SSSR count). The first-order valence-corrected chi connectivity index (χ1v) is 8.35. The minimum Gasteiger partial charge on any atom is -0.356 e. The average molecular weight is 319 g/mol. The summed E-state index contributed by atoms with van der Waals surface area (Å²) in [6, 6.07) is 10.0. The van der Waals surface area contributed by atoms with Crippen molar-refractivity contribution in [3.8, 4) is 0 Å². The molecule has 2 amide bonds. The fraction of sp³-hybridized carbons (Fsp3) is 0.556. The predicted octanol–water partition coefficient (Wildman–Crippen LogP) is 1.88. The summed E-state index contributed by atoms with van der Waals surface area (Å²) in [5, 5.41) is 2.69. The van der Waals surface area contributed by atoms with E-state index < -0.39 is 0 Å². The van der Waals surface area contributed by atoms with Crippen molar-refractivity contribution in [1.82, 2.24) is 15.1 Å². The molecule has 0 unspecified atom stereocenters. The van der Waals surface area contributed by atoms with E-state index in [2.05, 4.69) is 24.1 Å². The Balaban J connectivity index is 2.62. The van der Waals surface area contributed by atoms with Crippen LogP contribution in [-0.4, -0.2) is 54.3 Å². The van der Waals surface area contributed by atoms with Crippen LogP contribution in [0, 0.1) is 0 Å². The van der Waals surface area contributed by atoms with Gasteiger partial charge in [0.15, 0.2) is 0 Å². The summed E-state index contributed by atoms with van der Waals surface area (Å²) in [5.41, 5.74) is 1.12. The fourth-order valence-electron chi connectivity index (χ4n) is 2.40. The second-order valence-corrected chi connectivity index (χ2v) is 5.56. The van der Waals surface area contributed by atoms with E-state index in [4.69, 9.17) is 0 Å². The molecule has 5 nitrogen and oxygen atoms in total. The third-order valence-electron chi connectivity index (χ3n) is 3.86. The smallest absolute Gasteiger partial charge is 0.224 e. The molecule has 5 heteroatoms. The van der Waals surface area contributed by atoms with Gasteiger partial charge in [0.1, 0.15) is 0 Å². The lowest BCUT2D eigenvalue weighted by Crippen LogP contribution is -2.39. The number of carbonyl (C=O) groups excluding carboxylic acids is 2. The van der Waals surface area contributed by atoms with Crippen LogP contribution in [0.4, 0.5) is 0 Å². The highest BCUT2D eigenvalue weighted by molar-refractivity contribution is 5.78. The normalized spacial score (nSPS) is 10.6. The van der Waals surface area contributed by atoms with Gasteiger partial charge in [-0.3, -0.25) is 9.59 Å². The Morgan fingerprint density at radius 1 is 1.04 bits per heavy atom. The number of benzene rings is 1. The van der Waals surface area contributed by atoms with Crippen molar-refractivity contribution < 1.29 is 9.59 Å². The second kappa shape index (κ2) is 10.8. The molecule has 0 atom stereocenters. The number of nitrogens with one attached hydrogen (secondary N) is 1. The van der Waals surface area contributed by atoms with E-state index >= 15 is 0 Å². The molecule has 0 spiro atoms. The molecule has 1 aromatic rings. The highest BCUT2D eigenvalue weighted by Gasteiger charge is 2.15. The van der Waals surface area contributed by atoms with E-state index in [1.165, 1.54) is 6.92 Å². The van der Waals surface area contributed by atoms with E-state index in [1.54, 1.807) is 0 Å². The number of hydrogen-bond acceptors (Lipinski definition) is 3. The molecule has 0 aliphatic heterocycles. The Morgan fingerprint density at radius 2 is 1.70 bits per heavy atom. The maximum absolute atomic E-state index is 12.5. The zero-order valence-electron chi connectivity index (χ0n) is 14.5. The Kier molecular flexibility index (Phi) is 8.98. The molecule has 0 aliphatic rings. The fourth-order valence-corrected chi connectivity index (χ4v) is 2.40. The zero-order valence-corrected chi connectivity index (χ0v) is 14.5. The molecule has 0 aromatic heterocycles. The third kappa shape index (κ3) is 7.79. The van der Waals surface area contributed by atoms with Gasteiger partial charge in [0.05, 0.1) is 0 Å². The number of nitrogens with zero attached hydrogens (tertiary/aromatic N) is 2. The number of carbonyl (C=O) groups is 2. The lowest BCUT2D eigenvalue weighted by molar-refractivity contribution is -0.132. The highest BCUT2D eigenvalue weighted by atomic mass is 16.2. The molecule has 0 aliphatic carbocycles. The standard InChI is InChI=1S/C18H29N3O2/c1-4-20(5-2)13-14-21(15-17-9-7-6-8-10-17)18(23)11-12-19-16(3)22/h6-10H,4-5,11-15H2,1-3H3,(H,19,22). The van der Waals surface area contributed by atoms with E-state index in [9.17, 15) is 9.59 Å². The molecule has 0 saturated carbocycles. The Morgan fingerprint density at radius 3 is 2.26 bits per heavy atom. The quantitative estimate of drug-likeness (QED) is 0.716. The summed E-state index contributed by atoms with van der Waals surface area (Å²) >= 11 is 0. The number of hydrogen-bond donors (Lipinski definition) is 1. The molecule has 0 saturated heterocycles. The van der Waals surface area contributed by atoms with Crippen LogP contribution in [0.5, 0.6) is 0 Å².